The van der Waals surface area contributed by atoms with Gasteiger partial charge in [-0.2, -0.15) is 8.42 Å². The Morgan fingerprint density at radius 3 is 2.42 bits per heavy atom. The Hall–Kier alpha value is -3.57. The van der Waals surface area contributed by atoms with Crippen LogP contribution in [0, 0.1) is 6.92 Å². The minimum atomic E-state index is -4.59. The average Bonchev–Trinajstić information content (AvgIpc) is 2.97. The van der Waals surface area contributed by atoms with Crippen LogP contribution in [0.2, 0.25) is 0 Å². The van der Waals surface area contributed by atoms with E-state index in [1.165, 1.54) is 24.3 Å². The lowest BCUT2D eigenvalue weighted by Gasteiger charge is -2.27. The van der Waals surface area contributed by atoms with Crippen LogP contribution in [-0.4, -0.2) is 47.5 Å². The Kier molecular flexibility index (Phi) is 5.54. The molecule has 0 aromatic heterocycles. The van der Waals surface area contributed by atoms with Crippen LogP contribution in [0.4, 0.5) is 0 Å². The summed E-state index contributed by atoms with van der Waals surface area (Å²) in [5.41, 5.74) is 1.35. The third-order valence-corrected chi connectivity index (χ3v) is 6.60. The smallest absolute Gasteiger partial charge is 0.298 e. The van der Waals surface area contributed by atoms with Crippen molar-refractivity contribution >= 4 is 33.7 Å². The molecule has 2 aliphatic rings. The van der Waals surface area contributed by atoms with Crippen molar-refractivity contribution in [2.24, 2.45) is 0 Å². The maximum atomic E-state index is 13.0. The zero-order valence-corrected chi connectivity index (χ0v) is 18.6. The summed E-state index contributed by atoms with van der Waals surface area (Å²) in [6.45, 7) is 3.56. The predicted octanol–water partition coefficient (Wildman–Crippen LogP) is 2.00. The molecule has 11 heteroatoms. The highest BCUT2D eigenvalue weighted by Crippen LogP contribution is 2.37. The molecule has 2 aromatic rings. The molecule has 1 unspecified atom stereocenters. The number of carbonyl (C=O) groups excluding carboxylic acids is 4. The van der Waals surface area contributed by atoms with Crippen LogP contribution in [0.15, 0.2) is 35.2 Å². The van der Waals surface area contributed by atoms with Gasteiger partial charge in [0.05, 0.1) is 11.1 Å². The standard InChI is InChI=1S/C22H20N2O8S/c1-3-13-11(2)4-8-17(33(29,30)31)19(13)32-12-5-6-14-15(10-12)22(28)24(21(14)27)16-7-9-18(25)23-20(16)26/h4-6,8,10,16H,3,7,9H2,1-2H3,(H,23,25,26)(H,29,30,31). The van der Waals surface area contributed by atoms with Crippen LogP contribution in [0.25, 0.3) is 0 Å². The van der Waals surface area contributed by atoms with Crippen LogP contribution in [-0.2, 0) is 26.1 Å². The lowest BCUT2D eigenvalue weighted by Crippen LogP contribution is -2.54. The molecule has 0 radical (unpaired) electrons. The molecule has 0 aliphatic carbocycles. The first-order valence-corrected chi connectivity index (χ1v) is 11.6. The molecule has 4 rings (SSSR count). The molecule has 2 N–H and O–H groups in total. The van der Waals surface area contributed by atoms with Gasteiger partial charge in [0.15, 0.2) is 5.75 Å². The van der Waals surface area contributed by atoms with Gasteiger partial charge in [0.25, 0.3) is 21.9 Å². The number of amides is 4. The van der Waals surface area contributed by atoms with Crippen molar-refractivity contribution in [1.29, 1.82) is 0 Å². The van der Waals surface area contributed by atoms with Crippen molar-refractivity contribution in [3.63, 3.8) is 0 Å². The molecular weight excluding hydrogens is 452 g/mol. The Labute approximate surface area is 189 Å². The highest BCUT2D eigenvalue weighted by Gasteiger charge is 2.44. The molecule has 0 bridgehead atoms. The van der Waals surface area contributed by atoms with Crippen molar-refractivity contribution < 1.29 is 36.9 Å². The summed E-state index contributed by atoms with van der Waals surface area (Å²) in [6.07, 6.45) is 0.445. The first kappa shape index (κ1) is 22.6. The summed E-state index contributed by atoms with van der Waals surface area (Å²) in [6, 6.07) is 5.72. The molecule has 10 nitrogen and oxygen atoms in total. The molecule has 0 spiro atoms. The van der Waals surface area contributed by atoms with Gasteiger partial charge in [-0.25, -0.2) is 0 Å². The molecule has 2 aliphatic heterocycles. The number of nitrogens with zero attached hydrogens (tertiary/aromatic N) is 1. The van der Waals surface area contributed by atoms with E-state index in [-0.39, 0.29) is 35.5 Å². The number of imide groups is 2. The number of nitrogens with one attached hydrogen (secondary N) is 1. The normalized spacial score (nSPS) is 18.4. The number of fused-ring (bicyclic) bond motifs is 1. The van der Waals surface area contributed by atoms with Crippen LogP contribution in [0.3, 0.4) is 0 Å². The van der Waals surface area contributed by atoms with Crippen molar-refractivity contribution in [2.75, 3.05) is 0 Å². The minimum Gasteiger partial charge on any atom is -0.456 e. The second-order valence-electron chi connectivity index (χ2n) is 7.77. The van der Waals surface area contributed by atoms with Gasteiger partial charge in [-0.3, -0.25) is 33.9 Å². The highest BCUT2D eigenvalue weighted by atomic mass is 32.2. The zero-order chi connectivity index (χ0) is 24.1. The summed E-state index contributed by atoms with van der Waals surface area (Å²) in [5, 5.41) is 2.13. The summed E-state index contributed by atoms with van der Waals surface area (Å²) in [4.78, 5) is 49.8. The van der Waals surface area contributed by atoms with Crippen molar-refractivity contribution in [2.45, 2.75) is 44.0 Å². The van der Waals surface area contributed by atoms with E-state index in [2.05, 4.69) is 5.32 Å². The van der Waals surface area contributed by atoms with Crippen molar-refractivity contribution in [3.8, 4) is 11.5 Å². The number of rotatable bonds is 5. The largest absolute Gasteiger partial charge is 0.456 e. The monoisotopic (exact) mass is 472 g/mol. The SMILES string of the molecule is CCc1c(C)ccc(S(=O)(=O)O)c1Oc1ccc2c(c1)C(=O)N(C1CCC(=O)NC1=O)C2=O. The van der Waals surface area contributed by atoms with Crippen molar-refractivity contribution in [1.82, 2.24) is 10.2 Å². The molecule has 2 heterocycles. The van der Waals surface area contributed by atoms with Gasteiger partial charge in [0, 0.05) is 6.42 Å². The molecule has 0 saturated carbocycles. The molecule has 172 valence electrons. The van der Waals surface area contributed by atoms with Crippen LogP contribution in [0.1, 0.15) is 51.6 Å². The number of hydrogen-bond donors (Lipinski definition) is 2. The number of aryl methyl sites for hydroxylation is 1. The Morgan fingerprint density at radius 1 is 1.09 bits per heavy atom. The fraction of sp³-hybridized carbons (Fsp3) is 0.273. The molecule has 4 amide bonds. The number of hydrogen-bond acceptors (Lipinski definition) is 7. The Balaban J connectivity index is 1.71. The number of piperidine rings is 1. The third kappa shape index (κ3) is 3.89. The number of benzene rings is 2. The lowest BCUT2D eigenvalue weighted by atomic mass is 10.0. The minimum absolute atomic E-state index is 0.00371. The zero-order valence-electron chi connectivity index (χ0n) is 17.7. The van der Waals surface area contributed by atoms with E-state index in [1.807, 2.05) is 0 Å². The number of carbonyl (C=O) groups is 4. The van der Waals surface area contributed by atoms with Gasteiger partial charge in [0.2, 0.25) is 11.8 Å². The quantitative estimate of drug-likeness (QED) is 0.496. The maximum Gasteiger partial charge on any atom is 0.298 e. The van der Waals surface area contributed by atoms with E-state index in [1.54, 1.807) is 19.9 Å². The van der Waals surface area contributed by atoms with E-state index in [4.69, 9.17) is 4.74 Å². The summed E-state index contributed by atoms with van der Waals surface area (Å²) < 4.78 is 39.2. The first-order chi connectivity index (χ1) is 15.5. The van der Waals surface area contributed by atoms with Crippen LogP contribution in [0.5, 0.6) is 11.5 Å². The van der Waals surface area contributed by atoms with E-state index in [0.717, 1.165) is 10.5 Å². The first-order valence-electron chi connectivity index (χ1n) is 10.2. The third-order valence-electron chi connectivity index (χ3n) is 5.72. The molecule has 1 saturated heterocycles. The fourth-order valence-corrected chi connectivity index (χ4v) is 4.73. The molecule has 2 aromatic carbocycles. The van der Waals surface area contributed by atoms with Gasteiger partial charge in [-0.05, 0) is 55.2 Å². The van der Waals surface area contributed by atoms with Crippen molar-refractivity contribution in [3.05, 3.63) is 52.6 Å². The second-order valence-corrected chi connectivity index (χ2v) is 9.16. The second kappa shape index (κ2) is 8.09. The maximum absolute atomic E-state index is 13.0. The van der Waals surface area contributed by atoms with Gasteiger partial charge in [0.1, 0.15) is 16.7 Å². The van der Waals surface area contributed by atoms with Gasteiger partial charge < -0.3 is 4.74 Å². The van der Waals surface area contributed by atoms with E-state index in [9.17, 15) is 32.1 Å². The summed E-state index contributed by atoms with van der Waals surface area (Å²) >= 11 is 0. The van der Waals surface area contributed by atoms with Gasteiger partial charge >= 0.3 is 0 Å². The Morgan fingerprint density at radius 2 is 1.79 bits per heavy atom. The molecule has 1 fully saturated rings. The number of ether oxygens (including phenoxy) is 1. The Bertz CT molecular complexity index is 1330. The lowest BCUT2D eigenvalue weighted by molar-refractivity contribution is -0.136. The summed E-state index contributed by atoms with van der Waals surface area (Å²) in [5.74, 6) is -2.57. The topological polar surface area (TPSA) is 147 Å². The average molecular weight is 472 g/mol. The summed E-state index contributed by atoms with van der Waals surface area (Å²) in [7, 11) is -4.59. The van der Waals surface area contributed by atoms with Gasteiger partial charge in [-0.15, -0.1) is 0 Å². The highest BCUT2D eigenvalue weighted by molar-refractivity contribution is 7.86. The molecule has 33 heavy (non-hydrogen) atoms. The molecule has 1 atom stereocenters. The van der Waals surface area contributed by atoms with Gasteiger partial charge in [-0.1, -0.05) is 13.0 Å². The molecular formula is C22H20N2O8S. The van der Waals surface area contributed by atoms with E-state index >= 15 is 0 Å². The van der Waals surface area contributed by atoms with Crippen LogP contribution < -0.4 is 10.1 Å². The van der Waals surface area contributed by atoms with E-state index in [0.29, 0.717) is 12.0 Å². The van der Waals surface area contributed by atoms with E-state index < -0.39 is 44.7 Å². The van der Waals surface area contributed by atoms with Crippen LogP contribution >= 0.6 is 0 Å². The predicted molar refractivity (Wildman–Crippen MR) is 114 cm³/mol. The fourth-order valence-electron chi connectivity index (χ4n) is 4.09.